The Morgan fingerprint density at radius 1 is 1.00 bits per heavy atom. The van der Waals surface area contributed by atoms with Crippen molar-refractivity contribution in [3.8, 4) is 0 Å². The van der Waals surface area contributed by atoms with Gasteiger partial charge in [0.15, 0.2) is 0 Å². The number of hydrogen-bond donors (Lipinski definition) is 3. The fourth-order valence-corrected chi connectivity index (χ4v) is 7.59. The Morgan fingerprint density at radius 3 is 2.31 bits per heavy atom. The Labute approximate surface area is 174 Å². The average molecular weight is 414 g/mol. The molecule has 3 N–H and O–H groups in total. The van der Waals surface area contributed by atoms with Crippen molar-refractivity contribution in [1.82, 2.24) is 10.9 Å². The van der Waals surface area contributed by atoms with Gasteiger partial charge in [-0.2, -0.15) is 0 Å². The van der Waals surface area contributed by atoms with Gasteiger partial charge in [-0.05, 0) is 73.8 Å². The first-order valence-corrected chi connectivity index (χ1v) is 11.5. The lowest BCUT2D eigenvalue weighted by molar-refractivity contribution is -0.134. The van der Waals surface area contributed by atoms with Gasteiger partial charge in [0.1, 0.15) is 0 Å². The van der Waals surface area contributed by atoms with Crippen molar-refractivity contribution in [2.75, 3.05) is 5.32 Å². The topological polar surface area (TPSA) is 87.3 Å². The molecule has 154 valence electrons. The number of fused-ring (bicyclic) bond motifs is 1. The van der Waals surface area contributed by atoms with E-state index in [0.717, 1.165) is 28.3 Å². The number of nitrogens with one attached hydrogen (secondary N) is 3. The third-order valence-corrected chi connectivity index (χ3v) is 8.39. The van der Waals surface area contributed by atoms with E-state index >= 15 is 0 Å². The van der Waals surface area contributed by atoms with E-state index in [4.69, 9.17) is 0 Å². The lowest BCUT2D eigenvalue weighted by atomic mass is 9.49. The number of anilines is 1. The highest BCUT2D eigenvalue weighted by atomic mass is 32.2. The van der Waals surface area contributed by atoms with Crippen LogP contribution in [-0.4, -0.2) is 23.0 Å². The summed E-state index contributed by atoms with van der Waals surface area (Å²) in [6.45, 7) is 0. The number of thioether (sulfide) groups is 1. The molecule has 6 rings (SSSR count). The van der Waals surface area contributed by atoms with Gasteiger partial charge < -0.3 is 5.32 Å². The molecule has 1 atom stereocenters. The zero-order valence-corrected chi connectivity index (χ0v) is 17.2. The minimum atomic E-state index is -0.495. The predicted octanol–water partition coefficient (Wildman–Crippen LogP) is 3.24. The van der Waals surface area contributed by atoms with E-state index in [1.807, 2.05) is 24.3 Å². The smallest absolute Gasteiger partial charge is 0.240 e. The number of hydrazine groups is 1. The van der Waals surface area contributed by atoms with Gasteiger partial charge in [0.2, 0.25) is 17.7 Å². The summed E-state index contributed by atoms with van der Waals surface area (Å²) in [6.07, 6.45) is 8.08. The summed E-state index contributed by atoms with van der Waals surface area (Å²) in [4.78, 5) is 38.1. The molecule has 4 fully saturated rings. The van der Waals surface area contributed by atoms with Gasteiger partial charge in [-0.15, -0.1) is 11.8 Å². The van der Waals surface area contributed by atoms with Crippen LogP contribution in [-0.2, 0) is 14.4 Å². The largest absolute Gasteiger partial charge is 0.324 e. The highest BCUT2D eigenvalue weighted by Gasteiger charge is 2.51. The first-order valence-electron chi connectivity index (χ1n) is 10.6. The van der Waals surface area contributed by atoms with E-state index in [9.17, 15) is 14.4 Å². The van der Waals surface area contributed by atoms with Crippen LogP contribution in [0, 0.1) is 23.2 Å². The van der Waals surface area contributed by atoms with Gasteiger partial charge in [0, 0.05) is 17.7 Å². The van der Waals surface area contributed by atoms with Crippen molar-refractivity contribution in [1.29, 1.82) is 0 Å². The Kier molecular flexibility index (Phi) is 4.81. The van der Waals surface area contributed by atoms with E-state index in [-0.39, 0.29) is 29.6 Å². The minimum absolute atomic E-state index is 0.0302. The summed E-state index contributed by atoms with van der Waals surface area (Å²) >= 11 is 1.39. The highest BCUT2D eigenvalue weighted by molar-refractivity contribution is 8.01. The van der Waals surface area contributed by atoms with Crippen LogP contribution in [0.2, 0.25) is 0 Å². The molecule has 5 aliphatic rings. The first kappa shape index (κ1) is 19.0. The van der Waals surface area contributed by atoms with Crippen LogP contribution in [0.25, 0.3) is 0 Å². The van der Waals surface area contributed by atoms with Gasteiger partial charge in [0.25, 0.3) is 0 Å². The quantitative estimate of drug-likeness (QED) is 0.662. The molecule has 1 aromatic rings. The van der Waals surface area contributed by atoms with Crippen LogP contribution >= 0.6 is 11.8 Å². The number of carbonyl (C=O) groups is 3. The highest BCUT2D eigenvalue weighted by Crippen LogP contribution is 2.61. The van der Waals surface area contributed by atoms with Crippen LogP contribution in [0.3, 0.4) is 0 Å². The molecule has 1 aromatic carbocycles. The molecule has 0 aromatic heterocycles. The Bertz CT molecular complexity index is 820. The van der Waals surface area contributed by atoms with E-state index in [1.54, 1.807) is 0 Å². The van der Waals surface area contributed by atoms with Gasteiger partial charge in [0.05, 0.1) is 10.9 Å². The zero-order chi connectivity index (χ0) is 20.0. The summed E-state index contributed by atoms with van der Waals surface area (Å²) < 4.78 is 0. The Balaban J connectivity index is 1.12. The lowest BCUT2D eigenvalue weighted by Gasteiger charge is -2.56. The van der Waals surface area contributed by atoms with Crippen molar-refractivity contribution in [3.63, 3.8) is 0 Å². The van der Waals surface area contributed by atoms with Crippen LogP contribution < -0.4 is 16.2 Å². The minimum Gasteiger partial charge on any atom is -0.324 e. The number of para-hydroxylation sites is 1. The maximum Gasteiger partial charge on any atom is 0.240 e. The SMILES string of the molecule is O=C(C[C@H]1Sc2ccccc2NC1=O)NNC(=O)CC12CC3CC(CC(C3)C1)C2. The summed E-state index contributed by atoms with van der Waals surface area (Å²) in [5.41, 5.74) is 6.05. The van der Waals surface area contributed by atoms with Crippen molar-refractivity contribution in [2.45, 2.75) is 61.5 Å². The van der Waals surface area contributed by atoms with Crippen LogP contribution in [0.15, 0.2) is 29.2 Å². The third-order valence-electron chi connectivity index (χ3n) is 7.12. The molecule has 1 aliphatic heterocycles. The number of rotatable bonds is 4. The molecular formula is C22H27N3O3S. The van der Waals surface area contributed by atoms with Gasteiger partial charge in [-0.25, -0.2) is 0 Å². The second-order valence-corrected chi connectivity index (χ2v) is 10.7. The standard InChI is InChI=1S/C22H27N3O3S/c26-19(8-18-21(28)23-16-3-1-2-4-17(16)29-18)24-25-20(27)12-22-9-13-5-14(10-22)7-15(6-13)11-22/h1-4,13-15,18H,5-12H2,(H,23,28)(H,24,26)(H,25,27)/t13?,14?,15?,18-,22?/m1/s1. The second-order valence-electron chi connectivity index (χ2n) is 9.49. The summed E-state index contributed by atoms with van der Waals surface area (Å²) in [6, 6.07) is 7.55. The lowest BCUT2D eigenvalue weighted by Crippen LogP contribution is -2.50. The predicted molar refractivity (Wildman–Crippen MR) is 111 cm³/mol. The van der Waals surface area contributed by atoms with Crippen molar-refractivity contribution >= 4 is 35.2 Å². The van der Waals surface area contributed by atoms with Crippen LogP contribution in [0.5, 0.6) is 0 Å². The molecule has 0 saturated heterocycles. The number of carbonyl (C=O) groups excluding carboxylic acids is 3. The number of benzene rings is 1. The maximum absolute atomic E-state index is 12.5. The molecule has 29 heavy (non-hydrogen) atoms. The molecule has 4 bridgehead atoms. The monoisotopic (exact) mass is 413 g/mol. The number of hydrogen-bond acceptors (Lipinski definition) is 4. The van der Waals surface area contributed by atoms with Crippen molar-refractivity contribution in [3.05, 3.63) is 24.3 Å². The maximum atomic E-state index is 12.5. The van der Waals surface area contributed by atoms with Crippen LogP contribution in [0.4, 0.5) is 5.69 Å². The molecule has 4 saturated carbocycles. The van der Waals surface area contributed by atoms with Gasteiger partial charge in [-0.3, -0.25) is 25.2 Å². The molecule has 1 heterocycles. The Morgan fingerprint density at radius 2 is 1.62 bits per heavy atom. The number of amides is 3. The zero-order valence-electron chi connectivity index (χ0n) is 16.4. The Hall–Kier alpha value is -2.02. The fourth-order valence-electron chi connectivity index (χ4n) is 6.48. The van der Waals surface area contributed by atoms with E-state index in [1.165, 1.54) is 50.3 Å². The molecule has 6 nitrogen and oxygen atoms in total. The summed E-state index contributed by atoms with van der Waals surface area (Å²) in [5.74, 6) is 1.78. The van der Waals surface area contributed by atoms with Crippen molar-refractivity contribution in [2.24, 2.45) is 23.2 Å². The molecule has 3 amide bonds. The van der Waals surface area contributed by atoms with E-state index in [2.05, 4.69) is 16.2 Å². The van der Waals surface area contributed by atoms with Gasteiger partial charge in [-0.1, -0.05) is 12.1 Å². The molecule has 0 spiro atoms. The van der Waals surface area contributed by atoms with Crippen LogP contribution in [0.1, 0.15) is 51.4 Å². The van der Waals surface area contributed by atoms with E-state index < -0.39 is 5.25 Å². The van der Waals surface area contributed by atoms with Crippen molar-refractivity contribution < 1.29 is 14.4 Å². The fraction of sp³-hybridized carbons (Fsp3) is 0.591. The molecule has 4 aliphatic carbocycles. The molecule has 7 heteroatoms. The molecule has 0 unspecified atom stereocenters. The first-order chi connectivity index (χ1) is 14.0. The summed E-state index contributed by atoms with van der Waals surface area (Å²) in [5, 5.41) is 2.34. The average Bonchev–Trinajstić information content (AvgIpc) is 2.65. The van der Waals surface area contributed by atoms with Gasteiger partial charge >= 0.3 is 0 Å². The molecular weight excluding hydrogens is 386 g/mol. The normalized spacial score (nSPS) is 34.3. The molecule has 0 radical (unpaired) electrons. The second kappa shape index (κ2) is 7.35. The summed E-state index contributed by atoms with van der Waals surface area (Å²) in [7, 11) is 0. The van der Waals surface area contributed by atoms with E-state index in [0.29, 0.717) is 6.42 Å². The third kappa shape index (κ3) is 3.89.